The number of para-hydroxylation sites is 1. The number of aliphatic imine (C=N–C) groups is 1. The third kappa shape index (κ3) is 7.19. The summed E-state index contributed by atoms with van der Waals surface area (Å²) in [5.41, 5.74) is 1.78. The normalized spacial score (nSPS) is 17.0. The van der Waals surface area contributed by atoms with Crippen LogP contribution in [0.4, 0.5) is 5.69 Å². The number of nitrogens with zero attached hydrogens (tertiary/aromatic N) is 1. The van der Waals surface area contributed by atoms with Crippen LogP contribution in [0, 0.1) is 0 Å². The summed E-state index contributed by atoms with van der Waals surface area (Å²) in [5.74, 6) is 0.0316. The SMILES string of the molecule is COC1C(=O)c2ccccc2N=C1CCCCCCCCCCC(C)(C)O. The van der Waals surface area contributed by atoms with E-state index in [-0.39, 0.29) is 5.78 Å². The van der Waals surface area contributed by atoms with Crippen molar-refractivity contribution in [2.75, 3.05) is 7.11 Å². The van der Waals surface area contributed by atoms with E-state index in [1.165, 1.54) is 32.1 Å². The van der Waals surface area contributed by atoms with Crippen LogP contribution in [0.5, 0.6) is 0 Å². The lowest BCUT2D eigenvalue weighted by atomic mass is 9.94. The van der Waals surface area contributed by atoms with Crippen molar-refractivity contribution in [3.8, 4) is 0 Å². The van der Waals surface area contributed by atoms with E-state index >= 15 is 0 Å². The number of hydrogen-bond acceptors (Lipinski definition) is 4. The fraction of sp³-hybridized carbons (Fsp3) is 0.652. The molecule has 4 heteroatoms. The Bertz CT molecular complexity index is 631. The molecule has 1 N–H and O–H groups in total. The lowest BCUT2D eigenvalue weighted by molar-refractivity contribution is 0.0679. The number of ketones is 1. The number of hydrogen-bond donors (Lipinski definition) is 1. The van der Waals surface area contributed by atoms with Crippen LogP contribution in [-0.4, -0.2) is 35.4 Å². The van der Waals surface area contributed by atoms with Crippen LogP contribution < -0.4 is 0 Å². The Morgan fingerprint density at radius 1 is 1.00 bits per heavy atom. The molecule has 0 saturated carbocycles. The molecule has 1 aromatic carbocycles. The minimum atomic E-state index is -0.524. The summed E-state index contributed by atoms with van der Waals surface area (Å²) in [5, 5.41) is 9.69. The number of carbonyl (C=O) groups excluding carboxylic acids is 1. The van der Waals surface area contributed by atoms with E-state index in [2.05, 4.69) is 4.99 Å². The minimum absolute atomic E-state index is 0.0316. The van der Waals surface area contributed by atoms with E-state index in [0.717, 1.165) is 43.5 Å². The summed E-state index contributed by atoms with van der Waals surface area (Å²) < 4.78 is 5.43. The average molecular weight is 374 g/mol. The number of rotatable bonds is 12. The predicted molar refractivity (Wildman–Crippen MR) is 111 cm³/mol. The molecule has 0 aromatic heterocycles. The van der Waals surface area contributed by atoms with Crippen LogP contribution >= 0.6 is 0 Å². The zero-order chi connectivity index (χ0) is 19.7. The first kappa shape index (κ1) is 21.8. The first-order valence-electron chi connectivity index (χ1n) is 10.4. The lowest BCUT2D eigenvalue weighted by Gasteiger charge is -2.22. The molecule has 4 nitrogen and oxygen atoms in total. The van der Waals surface area contributed by atoms with Gasteiger partial charge in [-0.15, -0.1) is 0 Å². The van der Waals surface area contributed by atoms with Crippen LogP contribution in [-0.2, 0) is 4.74 Å². The van der Waals surface area contributed by atoms with Gasteiger partial charge >= 0.3 is 0 Å². The molecule has 2 rings (SSSR count). The third-order valence-corrected chi connectivity index (χ3v) is 5.18. The Hall–Kier alpha value is -1.52. The van der Waals surface area contributed by atoms with E-state index in [0.29, 0.717) is 5.56 Å². The van der Waals surface area contributed by atoms with Gasteiger partial charge in [0.1, 0.15) is 0 Å². The average Bonchev–Trinajstić information content (AvgIpc) is 2.62. The number of benzene rings is 1. The number of Topliss-reactive ketones (excluding diaryl/α,β-unsaturated/α-hetero) is 1. The summed E-state index contributed by atoms with van der Waals surface area (Å²) in [6.45, 7) is 3.76. The van der Waals surface area contributed by atoms with Gasteiger partial charge in [-0.2, -0.15) is 0 Å². The van der Waals surface area contributed by atoms with Crippen LogP contribution in [0.1, 0.15) is 88.4 Å². The van der Waals surface area contributed by atoms with Crippen molar-refractivity contribution in [3.05, 3.63) is 29.8 Å². The zero-order valence-electron chi connectivity index (χ0n) is 17.2. The third-order valence-electron chi connectivity index (χ3n) is 5.18. The standard InChI is InChI=1S/C23H35NO3/c1-23(2,26)17-13-9-7-5-4-6-8-10-16-20-22(27-3)21(25)18-14-11-12-15-19(18)24-20/h11-12,14-15,22,26H,4-10,13,16-17H2,1-3H3. The highest BCUT2D eigenvalue weighted by molar-refractivity contribution is 6.20. The first-order chi connectivity index (χ1) is 12.9. The second kappa shape index (κ2) is 10.7. The van der Waals surface area contributed by atoms with Crippen LogP contribution in [0.3, 0.4) is 0 Å². The number of unbranched alkanes of at least 4 members (excludes halogenated alkanes) is 7. The molecule has 1 aromatic rings. The van der Waals surface area contributed by atoms with Crippen molar-refractivity contribution < 1.29 is 14.6 Å². The summed E-state index contributed by atoms with van der Waals surface area (Å²) in [7, 11) is 1.59. The number of carbonyl (C=O) groups is 1. The van der Waals surface area contributed by atoms with E-state index in [1.807, 2.05) is 38.1 Å². The molecular formula is C23H35NO3. The van der Waals surface area contributed by atoms with Crippen molar-refractivity contribution >= 4 is 17.2 Å². The lowest BCUT2D eigenvalue weighted by Crippen LogP contribution is -2.34. The van der Waals surface area contributed by atoms with Gasteiger partial charge in [0.25, 0.3) is 0 Å². The van der Waals surface area contributed by atoms with Gasteiger partial charge in [-0.3, -0.25) is 9.79 Å². The van der Waals surface area contributed by atoms with E-state index in [1.54, 1.807) is 7.11 Å². The van der Waals surface area contributed by atoms with Gasteiger partial charge in [0.05, 0.1) is 17.0 Å². The molecule has 0 saturated heterocycles. The zero-order valence-corrected chi connectivity index (χ0v) is 17.2. The van der Waals surface area contributed by atoms with Crippen molar-refractivity contribution in [2.24, 2.45) is 4.99 Å². The number of ether oxygens (including phenoxy) is 1. The van der Waals surface area contributed by atoms with Gasteiger partial charge in [-0.1, -0.05) is 57.1 Å². The first-order valence-corrected chi connectivity index (χ1v) is 10.4. The second-order valence-corrected chi connectivity index (χ2v) is 8.24. The largest absolute Gasteiger partial charge is 0.390 e. The molecule has 0 radical (unpaired) electrons. The fourth-order valence-corrected chi connectivity index (χ4v) is 3.64. The van der Waals surface area contributed by atoms with Gasteiger partial charge in [0.2, 0.25) is 0 Å². The highest BCUT2D eigenvalue weighted by Crippen LogP contribution is 2.28. The summed E-state index contributed by atoms with van der Waals surface area (Å²) in [6, 6.07) is 7.51. The van der Waals surface area contributed by atoms with Gasteiger partial charge < -0.3 is 9.84 Å². The van der Waals surface area contributed by atoms with Crippen molar-refractivity contribution in [2.45, 2.75) is 89.8 Å². The summed E-state index contributed by atoms with van der Waals surface area (Å²) in [6.07, 6.45) is 10.7. The Morgan fingerprint density at radius 2 is 1.59 bits per heavy atom. The Balaban J connectivity index is 1.64. The molecule has 1 unspecified atom stereocenters. The maximum Gasteiger partial charge on any atom is 0.199 e. The fourth-order valence-electron chi connectivity index (χ4n) is 3.64. The molecule has 150 valence electrons. The Morgan fingerprint density at radius 3 is 2.22 bits per heavy atom. The van der Waals surface area contributed by atoms with Gasteiger partial charge in [0.15, 0.2) is 11.9 Å². The molecule has 0 spiro atoms. The van der Waals surface area contributed by atoms with Gasteiger partial charge in [-0.05, 0) is 45.2 Å². The van der Waals surface area contributed by atoms with E-state index in [4.69, 9.17) is 4.74 Å². The van der Waals surface area contributed by atoms with Crippen molar-refractivity contribution in [3.63, 3.8) is 0 Å². The molecule has 1 aliphatic heterocycles. The van der Waals surface area contributed by atoms with E-state index in [9.17, 15) is 9.90 Å². The van der Waals surface area contributed by atoms with E-state index < -0.39 is 11.7 Å². The highest BCUT2D eigenvalue weighted by Gasteiger charge is 2.30. The topological polar surface area (TPSA) is 58.9 Å². The number of fused-ring (bicyclic) bond motifs is 1. The quantitative estimate of drug-likeness (QED) is 0.482. The molecule has 1 atom stereocenters. The van der Waals surface area contributed by atoms with Gasteiger partial charge in [-0.25, -0.2) is 0 Å². The second-order valence-electron chi connectivity index (χ2n) is 8.24. The Labute approximate surface area is 164 Å². The number of aliphatic hydroxyl groups is 1. The van der Waals surface area contributed by atoms with Crippen LogP contribution in [0.2, 0.25) is 0 Å². The maximum absolute atomic E-state index is 12.6. The Kier molecular flexibility index (Phi) is 8.65. The molecule has 1 aliphatic rings. The van der Waals surface area contributed by atoms with Crippen molar-refractivity contribution in [1.29, 1.82) is 0 Å². The monoisotopic (exact) mass is 373 g/mol. The highest BCUT2D eigenvalue weighted by atomic mass is 16.5. The molecule has 0 bridgehead atoms. The summed E-state index contributed by atoms with van der Waals surface area (Å²) >= 11 is 0. The predicted octanol–water partition coefficient (Wildman–Crippen LogP) is 5.64. The molecule has 0 aliphatic carbocycles. The number of methoxy groups -OCH3 is 1. The molecule has 0 amide bonds. The molecule has 0 fully saturated rings. The molecule has 27 heavy (non-hydrogen) atoms. The molecule has 1 heterocycles. The van der Waals surface area contributed by atoms with Crippen molar-refractivity contribution in [1.82, 2.24) is 0 Å². The summed E-state index contributed by atoms with van der Waals surface area (Å²) in [4.78, 5) is 17.2. The molecular weight excluding hydrogens is 338 g/mol. The van der Waals surface area contributed by atoms with Crippen LogP contribution in [0.25, 0.3) is 0 Å². The minimum Gasteiger partial charge on any atom is -0.390 e. The maximum atomic E-state index is 12.6. The van der Waals surface area contributed by atoms with Gasteiger partial charge in [0, 0.05) is 12.7 Å². The smallest absolute Gasteiger partial charge is 0.199 e. The van der Waals surface area contributed by atoms with Crippen LogP contribution in [0.15, 0.2) is 29.3 Å².